The molecule has 0 unspecified atom stereocenters. The molecule has 0 spiro atoms. The fourth-order valence-electron chi connectivity index (χ4n) is 4.48. The average molecular weight is 481 g/mol. The summed E-state index contributed by atoms with van der Waals surface area (Å²) >= 11 is 0. The molecule has 1 aromatic heterocycles. The van der Waals surface area contributed by atoms with E-state index >= 15 is 0 Å². The van der Waals surface area contributed by atoms with E-state index < -0.39 is 23.4 Å². The molecule has 9 heteroatoms. The van der Waals surface area contributed by atoms with Crippen LogP contribution in [-0.2, 0) is 9.53 Å². The minimum absolute atomic E-state index is 0.0814. The Kier molecular flexibility index (Phi) is 5.62. The molecule has 2 aliphatic heterocycles. The van der Waals surface area contributed by atoms with E-state index in [2.05, 4.69) is 4.98 Å². The second-order valence-electron chi connectivity index (χ2n) is 8.51. The van der Waals surface area contributed by atoms with E-state index in [1.165, 1.54) is 4.90 Å². The summed E-state index contributed by atoms with van der Waals surface area (Å²) in [5, 5.41) is 0. The lowest BCUT2D eigenvalue weighted by Crippen LogP contribution is -2.48. The van der Waals surface area contributed by atoms with Gasteiger partial charge in [0.15, 0.2) is 23.2 Å². The summed E-state index contributed by atoms with van der Waals surface area (Å²) in [4.78, 5) is 19.1. The number of hydrogen-bond donors (Lipinski definition) is 0. The van der Waals surface area contributed by atoms with Crippen molar-refractivity contribution in [3.63, 3.8) is 0 Å². The van der Waals surface area contributed by atoms with E-state index in [-0.39, 0.29) is 23.5 Å². The summed E-state index contributed by atoms with van der Waals surface area (Å²) in [6, 6.07) is 6.88. The lowest BCUT2D eigenvalue weighted by Gasteiger charge is -2.38. The highest BCUT2D eigenvalue weighted by Crippen LogP contribution is 2.39. The molecule has 0 saturated carbocycles. The number of imidazole rings is 1. The van der Waals surface area contributed by atoms with Crippen LogP contribution >= 0.6 is 0 Å². The number of carbonyl (C=O) groups is 1. The number of benzene rings is 2. The molecule has 0 aliphatic carbocycles. The zero-order valence-corrected chi connectivity index (χ0v) is 19.3. The van der Waals surface area contributed by atoms with Gasteiger partial charge in [-0.15, -0.1) is 0 Å². The molecule has 6 nitrogen and oxygen atoms in total. The lowest BCUT2D eigenvalue weighted by molar-refractivity contribution is -0.138. The number of hydrogen-bond acceptors (Lipinski definition) is 4. The molecule has 0 bridgehead atoms. The van der Waals surface area contributed by atoms with Crippen molar-refractivity contribution in [2.75, 3.05) is 7.11 Å². The maximum Gasteiger partial charge on any atom is 0.293 e. The highest BCUT2D eigenvalue weighted by Gasteiger charge is 2.43. The number of morpholine rings is 1. The van der Waals surface area contributed by atoms with Crippen LogP contribution in [0.4, 0.5) is 13.2 Å². The molecule has 5 rings (SSSR count). The van der Waals surface area contributed by atoms with Crippen molar-refractivity contribution in [2.24, 2.45) is 0 Å². The fraction of sp³-hybridized carbons (Fsp3) is 0.231. The third-order valence-electron chi connectivity index (χ3n) is 6.20. The second-order valence-corrected chi connectivity index (χ2v) is 8.51. The summed E-state index contributed by atoms with van der Waals surface area (Å²) < 4.78 is 54.6. The van der Waals surface area contributed by atoms with Crippen LogP contribution in [0.3, 0.4) is 0 Å². The number of aromatic nitrogens is 2. The minimum atomic E-state index is -1.55. The monoisotopic (exact) mass is 481 g/mol. The molecule has 2 aromatic carbocycles. The van der Waals surface area contributed by atoms with Gasteiger partial charge in [0.2, 0.25) is 0 Å². The highest BCUT2D eigenvalue weighted by molar-refractivity contribution is 6.02. The summed E-state index contributed by atoms with van der Waals surface area (Å²) in [6.45, 7) is 3.71. The number of aryl methyl sites for hydroxylation is 1. The number of halogens is 3. The first-order valence-corrected chi connectivity index (χ1v) is 11.0. The van der Waals surface area contributed by atoms with Crippen molar-refractivity contribution in [1.29, 1.82) is 0 Å². The zero-order chi connectivity index (χ0) is 24.9. The molecule has 3 heterocycles. The molecule has 2 aliphatic rings. The Morgan fingerprint density at radius 2 is 1.91 bits per heavy atom. The molecule has 0 N–H and O–H groups in total. The number of rotatable bonds is 4. The van der Waals surface area contributed by atoms with Gasteiger partial charge in [-0.3, -0.25) is 9.69 Å². The summed E-state index contributed by atoms with van der Waals surface area (Å²) in [7, 11) is 1.55. The van der Waals surface area contributed by atoms with E-state index in [1.54, 1.807) is 31.7 Å². The molecular weight excluding hydrogens is 459 g/mol. The van der Waals surface area contributed by atoms with Crippen molar-refractivity contribution in [2.45, 2.75) is 32.4 Å². The van der Waals surface area contributed by atoms with Crippen LogP contribution in [-0.4, -0.2) is 39.6 Å². The van der Waals surface area contributed by atoms with Gasteiger partial charge in [-0.1, -0.05) is 12.1 Å². The third kappa shape index (κ3) is 3.96. The molecule has 1 fully saturated rings. The molecule has 1 saturated heterocycles. The first kappa shape index (κ1) is 22.8. The van der Waals surface area contributed by atoms with Gasteiger partial charge in [-0.25, -0.2) is 18.2 Å². The third-order valence-corrected chi connectivity index (χ3v) is 6.20. The maximum absolute atomic E-state index is 13.9. The summed E-state index contributed by atoms with van der Waals surface area (Å²) in [5.74, 6) is -3.96. The van der Waals surface area contributed by atoms with Gasteiger partial charge < -0.3 is 14.0 Å². The Morgan fingerprint density at radius 1 is 1.17 bits per heavy atom. The second kappa shape index (κ2) is 8.65. The molecule has 180 valence electrons. The van der Waals surface area contributed by atoms with E-state index in [0.29, 0.717) is 23.4 Å². The molecular formula is C26H22F3N3O3. The van der Waals surface area contributed by atoms with Crippen LogP contribution in [0.1, 0.15) is 30.2 Å². The largest absolute Gasteiger partial charge is 0.495 e. The maximum atomic E-state index is 13.9. The van der Waals surface area contributed by atoms with Crippen molar-refractivity contribution in [3.8, 4) is 11.4 Å². The SMILES string of the molecule is COc1cc(C=C2O[C@@H](C)[C@H]3CC=C(c4cc(F)c(F)c(F)c4)N3C2=O)ccc1-n1cnc(C)c1. The van der Waals surface area contributed by atoms with Gasteiger partial charge in [-0.05, 0) is 56.2 Å². The van der Waals surface area contributed by atoms with E-state index in [9.17, 15) is 18.0 Å². The molecule has 3 aromatic rings. The van der Waals surface area contributed by atoms with Crippen LogP contribution in [0, 0.1) is 24.4 Å². The topological polar surface area (TPSA) is 56.6 Å². The number of methoxy groups -OCH3 is 1. The number of ether oxygens (including phenoxy) is 2. The lowest BCUT2D eigenvalue weighted by atomic mass is 10.1. The van der Waals surface area contributed by atoms with Gasteiger partial charge >= 0.3 is 0 Å². The Hall–Kier alpha value is -4.01. The van der Waals surface area contributed by atoms with Crippen molar-refractivity contribution in [1.82, 2.24) is 14.5 Å². The Labute approximate surface area is 199 Å². The van der Waals surface area contributed by atoms with E-state index in [4.69, 9.17) is 9.47 Å². The van der Waals surface area contributed by atoms with Crippen LogP contribution < -0.4 is 4.74 Å². The first-order chi connectivity index (χ1) is 16.8. The number of carbonyl (C=O) groups excluding carboxylic acids is 1. The van der Waals surface area contributed by atoms with Gasteiger partial charge in [0.1, 0.15) is 11.9 Å². The molecule has 0 radical (unpaired) electrons. The summed E-state index contributed by atoms with van der Waals surface area (Å²) in [6.07, 6.45) is 6.93. The van der Waals surface area contributed by atoms with E-state index in [0.717, 1.165) is 23.5 Å². The van der Waals surface area contributed by atoms with Gasteiger partial charge in [0.05, 0.1) is 30.9 Å². The Balaban J connectivity index is 1.48. The average Bonchev–Trinajstić information content (AvgIpc) is 3.47. The predicted molar refractivity (Wildman–Crippen MR) is 123 cm³/mol. The molecule has 1 amide bonds. The number of nitrogens with zero attached hydrogens (tertiary/aromatic N) is 3. The standard InChI is InChI=1S/C26H22F3N3O3/c1-14-12-31(13-30-14)22-5-4-16(8-23(22)34-3)9-24-26(33)32-20(15(2)35-24)6-7-21(32)17-10-18(27)25(29)19(28)11-17/h4-5,7-13,15,20H,6H2,1-3H3/t15-,20+/m0/s1. The van der Waals surface area contributed by atoms with Crippen LogP contribution in [0.5, 0.6) is 5.75 Å². The van der Waals surface area contributed by atoms with Crippen molar-refractivity contribution >= 4 is 17.7 Å². The van der Waals surface area contributed by atoms with Crippen LogP contribution in [0.2, 0.25) is 0 Å². The molecule has 35 heavy (non-hydrogen) atoms. The number of fused-ring (bicyclic) bond motifs is 1. The van der Waals surface area contributed by atoms with Crippen molar-refractivity contribution in [3.05, 3.63) is 89.0 Å². The Morgan fingerprint density at radius 3 is 2.57 bits per heavy atom. The quantitative estimate of drug-likeness (QED) is 0.389. The van der Waals surface area contributed by atoms with Crippen LogP contribution in [0.15, 0.2) is 54.7 Å². The van der Waals surface area contributed by atoms with Gasteiger partial charge in [0.25, 0.3) is 5.91 Å². The highest BCUT2D eigenvalue weighted by atomic mass is 19.2. The van der Waals surface area contributed by atoms with Crippen LogP contribution in [0.25, 0.3) is 17.5 Å². The van der Waals surface area contributed by atoms with Crippen molar-refractivity contribution < 1.29 is 27.4 Å². The zero-order valence-electron chi connectivity index (χ0n) is 19.3. The van der Waals surface area contributed by atoms with Gasteiger partial charge in [-0.2, -0.15) is 0 Å². The summed E-state index contributed by atoms with van der Waals surface area (Å²) in [5.41, 5.74) is 2.72. The van der Waals surface area contributed by atoms with E-state index in [1.807, 2.05) is 36.7 Å². The predicted octanol–water partition coefficient (Wildman–Crippen LogP) is 5.01. The normalized spacial score (nSPS) is 20.6. The van der Waals surface area contributed by atoms with Gasteiger partial charge in [0, 0.05) is 17.5 Å². The Bertz CT molecular complexity index is 1370. The fourth-order valence-corrected chi connectivity index (χ4v) is 4.48. The minimum Gasteiger partial charge on any atom is -0.495 e. The smallest absolute Gasteiger partial charge is 0.293 e. The molecule has 2 atom stereocenters. The first-order valence-electron chi connectivity index (χ1n) is 11.0. The number of amides is 1.